The molecule has 0 spiro atoms. The minimum absolute atomic E-state index is 0.00985. The topological polar surface area (TPSA) is 38.8 Å². The van der Waals surface area contributed by atoms with E-state index in [2.05, 4.69) is 19.1 Å². The average molecular weight is 307 g/mol. The van der Waals surface area contributed by atoms with Gasteiger partial charge < -0.3 is 14.4 Å². The van der Waals surface area contributed by atoms with E-state index >= 15 is 0 Å². The zero-order chi connectivity index (χ0) is 16.3. The maximum absolute atomic E-state index is 12.7. The van der Waals surface area contributed by atoms with Gasteiger partial charge in [-0.15, -0.1) is 0 Å². The van der Waals surface area contributed by atoms with Gasteiger partial charge in [0.2, 0.25) is 0 Å². The first kappa shape index (κ1) is 13.9. The maximum atomic E-state index is 12.7. The summed E-state index contributed by atoms with van der Waals surface area (Å²) in [5, 5.41) is 4.08. The Labute approximate surface area is 134 Å². The fourth-order valence-electron chi connectivity index (χ4n) is 3.71. The van der Waals surface area contributed by atoms with Gasteiger partial charge in [0.05, 0.1) is 25.5 Å². The van der Waals surface area contributed by atoms with Crippen molar-refractivity contribution in [2.45, 2.75) is 6.92 Å². The Morgan fingerprint density at radius 1 is 1.00 bits per heavy atom. The molecule has 0 aromatic heterocycles. The van der Waals surface area contributed by atoms with Crippen LogP contribution in [-0.2, 0) is 0 Å². The number of nitrogens with zero attached hydrogens (tertiary/aromatic N) is 1. The van der Waals surface area contributed by atoms with Crippen LogP contribution in [0.15, 0.2) is 30.3 Å². The molecule has 0 N–H and O–H groups in total. The quantitative estimate of drug-likeness (QED) is 0.674. The molecule has 0 aliphatic carbocycles. The van der Waals surface area contributed by atoms with Crippen LogP contribution in [0.3, 0.4) is 0 Å². The van der Waals surface area contributed by atoms with Crippen molar-refractivity contribution in [2.24, 2.45) is 0 Å². The average Bonchev–Trinajstić information content (AvgIpc) is 2.83. The van der Waals surface area contributed by atoms with Crippen LogP contribution in [0.1, 0.15) is 15.9 Å². The number of methoxy groups -OCH3 is 2. The first-order valence-corrected chi connectivity index (χ1v) is 7.48. The Kier molecular flexibility index (Phi) is 2.79. The highest BCUT2D eigenvalue weighted by molar-refractivity contribution is 6.32. The number of hydrogen-bond donors (Lipinski definition) is 0. The predicted octanol–water partition coefficient (Wildman–Crippen LogP) is 3.91. The minimum atomic E-state index is -0.00985. The Balaban J connectivity index is 2.38. The molecule has 4 heteroatoms. The zero-order valence-corrected chi connectivity index (χ0v) is 13.6. The van der Waals surface area contributed by atoms with E-state index in [-0.39, 0.29) is 5.91 Å². The molecule has 1 amide bonds. The van der Waals surface area contributed by atoms with Gasteiger partial charge in [-0.25, -0.2) is 0 Å². The molecule has 116 valence electrons. The largest absolute Gasteiger partial charge is 0.493 e. The SMILES string of the molecule is COc1cc2c3c(c(C)c4ccccc4c3c1OC)N(C)C2=O. The summed E-state index contributed by atoms with van der Waals surface area (Å²) in [7, 11) is 5.05. The molecule has 0 atom stereocenters. The third-order valence-corrected chi connectivity index (χ3v) is 4.73. The van der Waals surface area contributed by atoms with Crippen LogP contribution in [-0.4, -0.2) is 27.2 Å². The highest BCUT2D eigenvalue weighted by Gasteiger charge is 2.33. The summed E-state index contributed by atoms with van der Waals surface area (Å²) in [6.07, 6.45) is 0. The molecule has 3 aromatic carbocycles. The first-order chi connectivity index (χ1) is 11.1. The lowest BCUT2D eigenvalue weighted by molar-refractivity contribution is 0.0998. The molecule has 0 radical (unpaired) electrons. The van der Waals surface area contributed by atoms with Gasteiger partial charge in [0.15, 0.2) is 11.5 Å². The number of aryl methyl sites for hydroxylation is 1. The highest BCUT2D eigenvalue weighted by Crippen LogP contribution is 2.50. The number of carbonyl (C=O) groups excluding carboxylic acids is 1. The van der Waals surface area contributed by atoms with Crippen molar-refractivity contribution < 1.29 is 14.3 Å². The second kappa shape index (κ2) is 4.62. The summed E-state index contributed by atoms with van der Waals surface area (Å²) >= 11 is 0. The minimum Gasteiger partial charge on any atom is -0.493 e. The second-order valence-electron chi connectivity index (χ2n) is 5.79. The van der Waals surface area contributed by atoms with Gasteiger partial charge in [0.1, 0.15) is 0 Å². The summed E-state index contributed by atoms with van der Waals surface area (Å²) in [4.78, 5) is 14.4. The lowest BCUT2D eigenvalue weighted by Gasteiger charge is -2.17. The van der Waals surface area contributed by atoms with Crippen molar-refractivity contribution in [3.8, 4) is 11.5 Å². The number of fused-ring (bicyclic) bond motifs is 2. The summed E-state index contributed by atoms with van der Waals surface area (Å²) in [6.45, 7) is 2.06. The smallest absolute Gasteiger partial charge is 0.258 e. The fraction of sp³-hybridized carbons (Fsp3) is 0.211. The van der Waals surface area contributed by atoms with E-state index in [0.717, 1.165) is 32.8 Å². The van der Waals surface area contributed by atoms with Crippen LogP contribution in [0.4, 0.5) is 5.69 Å². The Morgan fingerprint density at radius 3 is 2.35 bits per heavy atom. The van der Waals surface area contributed by atoms with Gasteiger partial charge >= 0.3 is 0 Å². The zero-order valence-electron chi connectivity index (χ0n) is 13.6. The number of anilines is 1. The third kappa shape index (κ3) is 1.58. The highest BCUT2D eigenvalue weighted by atomic mass is 16.5. The van der Waals surface area contributed by atoms with Gasteiger partial charge in [0, 0.05) is 17.8 Å². The van der Waals surface area contributed by atoms with Crippen LogP contribution in [0.2, 0.25) is 0 Å². The molecule has 0 bridgehead atoms. The van der Waals surface area contributed by atoms with E-state index in [1.165, 1.54) is 0 Å². The Hall–Kier alpha value is -2.75. The predicted molar refractivity (Wildman–Crippen MR) is 92.0 cm³/mol. The van der Waals surface area contributed by atoms with E-state index in [4.69, 9.17) is 9.47 Å². The second-order valence-corrected chi connectivity index (χ2v) is 5.79. The number of ether oxygens (including phenoxy) is 2. The van der Waals surface area contributed by atoms with E-state index < -0.39 is 0 Å². The van der Waals surface area contributed by atoms with Crippen LogP contribution in [0.5, 0.6) is 11.5 Å². The summed E-state index contributed by atoms with van der Waals surface area (Å²) in [5.41, 5.74) is 2.73. The molecule has 23 heavy (non-hydrogen) atoms. The van der Waals surface area contributed by atoms with Gasteiger partial charge in [-0.05, 0) is 29.3 Å². The molecule has 0 saturated heterocycles. The number of carbonyl (C=O) groups is 1. The Bertz CT molecular complexity index is 991. The molecule has 1 heterocycles. The molecule has 0 saturated carbocycles. The molecule has 0 unspecified atom stereocenters. The normalized spacial score (nSPS) is 13.2. The van der Waals surface area contributed by atoms with Crippen LogP contribution in [0, 0.1) is 6.92 Å². The summed E-state index contributed by atoms with van der Waals surface area (Å²) in [6, 6.07) is 9.94. The van der Waals surface area contributed by atoms with Gasteiger partial charge in [-0.2, -0.15) is 0 Å². The van der Waals surface area contributed by atoms with Crippen molar-refractivity contribution in [2.75, 3.05) is 26.2 Å². The first-order valence-electron chi connectivity index (χ1n) is 7.48. The van der Waals surface area contributed by atoms with E-state index in [9.17, 15) is 4.79 Å². The number of benzene rings is 3. The standard InChI is InChI=1S/C19H17NO3/c1-10-11-7-5-6-8-12(11)16-15-13(19(21)20(2)17(10)15)9-14(22-3)18(16)23-4/h5-9H,1-4H3. The third-order valence-electron chi connectivity index (χ3n) is 4.73. The van der Waals surface area contributed by atoms with Crippen molar-refractivity contribution in [1.29, 1.82) is 0 Å². The fourth-order valence-corrected chi connectivity index (χ4v) is 3.71. The van der Waals surface area contributed by atoms with E-state index in [1.54, 1.807) is 25.2 Å². The monoisotopic (exact) mass is 307 g/mol. The van der Waals surface area contributed by atoms with Crippen LogP contribution >= 0.6 is 0 Å². The molecular weight excluding hydrogens is 290 g/mol. The lowest BCUT2D eigenvalue weighted by atomic mass is 9.93. The summed E-state index contributed by atoms with van der Waals surface area (Å²) in [5.74, 6) is 1.25. The van der Waals surface area contributed by atoms with Crippen molar-refractivity contribution in [3.63, 3.8) is 0 Å². The molecule has 1 aliphatic rings. The molecule has 4 rings (SSSR count). The van der Waals surface area contributed by atoms with Gasteiger partial charge in [-0.3, -0.25) is 4.79 Å². The Morgan fingerprint density at radius 2 is 1.70 bits per heavy atom. The lowest BCUT2D eigenvalue weighted by Crippen LogP contribution is -2.21. The van der Waals surface area contributed by atoms with Crippen molar-refractivity contribution in [3.05, 3.63) is 41.5 Å². The number of amides is 1. The molecule has 0 fully saturated rings. The van der Waals surface area contributed by atoms with Gasteiger partial charge in [0.25, 0.3) is 5.91 Å². The molecule has 3 aromatic rings. The van der Waals surface area contributed by atoms with E-state index in [1.807, 2.05) is 19.2 Å². The van der Waals surface area contributed by atoms with Crippen LogP contribution in [0.25, 0.3) is 21.5 Å². The van der Waals surface area contributed by atoms with Crippen molar-refractivity contribution >= 4 is 33.1 Å². The maximum Gasteiger partial charge on any atom is 0.258 e. The van der Waals surface area contributed by atoms with Crippen LogP contribution < -0.4 is 14.4 Å². The van der Waals surface area contributed by atoms with Crippen molar-refractivity contribution in [1.82, 2.24) is 0 Å². The number of hydrogen-bond acceptors (Lipinski definition) is 3. The molecule has 1 aliphatic heterocycles. The number of rotatable bonds is 2. The summed E-state index contributed by atoms with van der Waals surface area (Å²) < 4.78 is 11.1. The van der Waals surface area contributed by atoms with Gasteiger partial charge in [-0.1, -0.05) is 24.3 Å². The van der Waals surface area contributed by atoms with E-state index in [0.29, 0.717) is 17.1 Å². The molecule has 4 nitrogen and oxygen atoms in total. The molecular formula is C19H17NO3.